The summed E-state index contributed by atoms with van der Waals surface area (Å²) in [5, 5.41) is 16.1. The second kappa shape index (κ2) is 14.0. The van der Waals surface area contributed by atoms with Crippen LogP contribution in [0.3, 0.4) is 0 Å². The molecule has 5 aliphatic heterocycles. The van der Waals surface area contributed by atoms with Gasteiger partial charge < -0.3 is 21.3 Å². The zero-order chi connectivity index (χ0) is 35.3. The van der Waals surface area contributed by atoms with E-state index in [9.17, 15) is 17.6 Å². The number of fused-ring (bicyclic) bond motifs is 8. The first kappa shape index (κ1) is 33.7. The highest BCUT2D eigenvalue weighted by molar-refractivity contribution is 5.37. The second-order valence-corrected chi connectivity index (χ2v) is 15.4. The molecule has 4 aromatic rings. The van der Waals surface area contributed by atoms with Crippen LogP contribution in [0.15, 0.2) is 121 Å². The minimum Gasteiger partial charge on any atom is -0.310 e. The van der Waals surface area contributed by atoms with E-state index in [1.165, 1.54) is 0 Å². The molecule has 0 saturated carbocycles. The van der Waals surface area contributed by atoms with Crippen LogP contribution >= 0.6 is 0 Å². The van der Waals surface area contributed by atoms with Crippen LogP contribution < -0.4 is 21.3 Å². The molecule has 9 rings (SSSR count). The van der Waals surface area contributed by atoms with Gasteiger partial charge in [-0.1, -0.05) is 72.8 Å². The van der Waals surface area contributed by atoms with Crippen molar-refractivity contribution in [2.45, 2.75) is 97.7 Å². The SMILES string of the molecule is Fc1ccc(C2C3C=CC(N3)C(c3ccc(F)cc3)C3CCC(N3)C(c3ccc(F)cc3)C3C=CC(N3)C(c3ccc(F)cc3)C3CCC2N3)cc1. The lowest BCUT2D eigenvalue weighted by Gasteiger charge is -2.38. The van der Waals surface area contributed by atoms with Crippen LogP contribution in [0.1, 0.15) is 71.6 Å². The summed E-state index contributed by atoms with van der Waals surface area (Å²) < 4.78 is 57.1. The smallest absolute Gasteiger partial charge is 0.123 e. The summed E-state index contributed by atoms with van der Waals surface area (Å²) in [6.45, 7) is 0. The van der Waals surface area contributed by atoms with Crippen molar-refractivity contribution in [3.8, 4) is 0 Å². The molecule has 0 aromatic heterocycles. The third kappa shape index (κ3) is 6.44. The third-order valence-corrected chi connectivity index (χ3v) is 12.6. The largest absolute Gasteiger partial charge is 0.310 e. The Labute approximate surface area is 302 Å². The second-order valence-electron chi connectivity index (χ2n) is 15.4. The van der Waals surface area contributed by atoms with Crippen LogP contribution in [0.5, 0.6) is 0 Å². The molecule has 3 saturated heterocycles. The van der Waals surface area contributed by atoms with Gasteiger partial charge in [-0.15, -0.1) is 0 Å². The number of rotatable bonds is 4. The minimum absolute atomic E-state index is 0.0226. The highest BCUT2D eigenvalue weighted by Gasteiger charge is 2.47. The van der Waals surface area contributed by atoms with Crippen LogP contribution in [0.2, 0.25) is 0 Å². The fourth-order valence-corrected chi connectivity index (χ4v) is 10.3. The summed E-state index contributed by atoms with van der Waals surface area (Å²) in [5.74, 6) is -0.949. The maximum Gasteiger partial charge on any atom is 0.123 e. The van der Waals surface area contributed by atoms with Crippen molar-refractivity contribution in [2.75, 3.05) is 0 Å². The van der Waals surface area contributed by atoms with Crippen molar-refractivity contribution in [1.29, 1.82) is 0 Å². The van der Waals surface area contributed by atoms with Gasteiger partial charge in [-0.3, -0.25) is 0 Å². The Morgan fingerprint density at radius 2 is 0.519 bits per heavy atom. The highest BCUT2D eigenvalue weighted by Crippen LogP contribution is 2.43. The lowest BCUT2D eigenvalue weighted by Crippen LogP contribution is -2.52. The Balaban J connectivity index is 1.14. The lowest BCUT2D eigenvalue weighted by atomic mass is 9.83. The van der Waals surface area contributed by atoms with Crippen molar-refractivity contribution in [3.05, 3.63) is 167 Å². The quantitative estimate of drug-likeness (QED) is 0.130. The third-order valence-electron chi connectivity index (χ3n) is 12.6. The maximum absolute atomic E-state index is 14.3. The Morgan fingerprint density at radius 1 is 0.308 bits per heavy atom. The zero-order valence-electron chi connectivity index (χ0n) is 28.8. The molecule has 8 heteroatoms. The first-order valence-corrected chi connectivity index (χ1v) is 18.8. The summed E-state index contributed by atoms with van der Waals surface area (Å²) >= 11 is 0. The molecule has 5 aliphatic rings. The van der Waals surface area contributed by atoms with Crippen molar-refractivity contribution in [2.24, 2.45) is 0 Å². The van der Waals surface area contributed by atoms with E-state index in [2.05, 4.69) is 45.6 Å². The van der Waals surface area contributed by atoms with E-state index in [1.807, 2.05) is 48.5 Å². The summed E-state index contributed by atoms with van der Waals surface area (Å²) in [4.78, 5) is 0. The van der Waals surface area contributed by atoms with Crippen molar-refractivity contribution >= 4 is 0 Å². The van der Waals surface area contributed by atoms with Crippen LogP contribution in [0.4, 0.5) is 17.6 Å². The molecule has 0 aliphatic carbocycles. The fourth-order valence-electron chi connectivity index (χ4n) is 10.3. The Morgan fingerprint density at radius 3 is 0.731 bits per heavy atom. The summed E-state index contributed by atoms with van der Waals surface area (Å²) in [6, 6.07) is 28.0. The van der Waals surface area contributed by atoms with Crippen LogP contribution in [0.25, 0.3) is 0 Å². The van der Waals surface area contributed by atoms with Gasteiger partial charge in [0.25, 0.3) is 0 Å². The molecule has 8 bridgehead atoms. The maximum atomic E-state index is 14.3. The van der Waals surface area contributed by atoms with Gasteiger partial charge in [-0.05, 0) is 96.5 Å². The van der Waals surface area contributed by atoms with Crippen molar-refractivity contribution in [3.63, 3.8) is 0 Å². The van der Waals surface area contributed by atoms with Gasteiger partial charge >= 0.3 is 0 Å². The standard InChI is InChI=1S/C44H44F4N4/c45-29-9-1-25(2-10-29)41-33-17-19-35(49-33)42(26-3-11-30(46)12-4-26)37-21-23-39(51-37)44(28-7-15-32(48)16-8-28)40-24-22-38(52-40)43(36-20-18-34(41)50-36)27-5-13-31(47)14-6-27/h1-17,19,22,24,33-44,49-52H,18,20-21,23H2. The molecule has 4 N–H and O–H groups in total. The summed E-state index contributed by atoms with van der Waals surface area (Å²) in [7, 11) is 0. The topological polar surface area (TPSA) is 48.1 Å². The average molecular weight is 705 g/mol. The van der Waals surface area contributed by atoms with Gasteiger partial charge in [-0.25, -0.2) is 17.6 Å². The van der Waals surface area contributed by atoms with E-state index in [1.54, 1.807) is 48.5 Å². The highest BCUT2D eigenvalue weighted by atomic mass is 19.1. The Kier molecular flexibility index (Phi) is 9.11. The number of benzene rings is 4. The van der Waals surface area contributed by atoms with E-state index in [0.29, 0.717) is 0 Å². The normalized spacial score (nSPS) is 35.3. The van der Waals surface area contributed by atoms with E-state index < -0.39 is 0 Å². The molecule has 5 heterocycles. The summed E-state index contributed by atoms with van der Waals surface area (Å²) in [5.41, 5.74) is 4.28. The Bertz CT molecular complexity index is 1640. The molecule has 4 aromatic carbocycles. The lowest BCUT2D eigenvalue weighted by molar-refractivity contribution is 0.316. The molecule has 12 unspecified atom stereocenters. The number of halogens is 4. The van der Waals surface area contributed by atoms with Gasteiger partial charge in [0, 0.05) is 72.0 Å². The first-order valence-electron chi connectivity index (χ1n) is 18.8. The molecule has 268 valence electrons. The van der Waals surface area contributed by atoms with Crippen LogP contribution in [0, 0.1) is 23.3 Å². The Hall–Kier alpha value is -4.08. The predicted molar refractivity (Wildman–Crippen MR) is 196 cm³/mol. The van der Waals surface area contributed by atoms with E-state index in [0.717, 1.165) is 47.9 Å². The first-order chi connectivity index (χ1) is 25.4. The molecule has 52 heavy (non-hydrogen) atoms. The molecule has 4 nitrogen and oxygen atoms in total. The molecule has 3 fully saturated rings. The number of hydrogen-bond donors (Lipinski definition) is 4. The van der Waals surface area contributed by atoms with Gasteiger partial charge in [0.05, 0.1) is 0 Å². The predicted octanol–water partition coefficient (Wildman–Crippen LogP) is 7.73. The molecule has 0 spiro atoms. The van der Waals surface area contributed by atoms with Crippen molar-refractivity contribution < 1.29 is 17.6 Å². The molecule has 12 atom stereocenters. The number of nitrogens with one attached hydrogen (secondary N) is 4. The van der Waals surface area contributed by atoms with Gasteiger partial charge in [-0.2, -0.15) is 0 Å². The van der Waals surface area contributed by atoms with Crippen LogP contribution in [-0.2, 0) is 0 Å². The number of hydrogen-bond acceptors (Lipinski definition) is 4. The van der Waals surface area contributed by atoms with Crippen LogP contribution in [-0.4, -0.2) is 48.3 Å². The zero-order valence-corrected chi connectivity index (χ0v) is 28.8. The monoisotopic (exact) mass is 704 g/mol. The molecule has 0 radical (unpaired) electrons. The van der Waals surface area contributed by atoms with Gasteiger partial charge in [0.1, 0.15) is 23.3 Å². The molecular formula is C44H44F4N4. The van der Waals surface area contributed by atoms with E-state index in [4.69, 9.17) is 0 Å². The van der Waals surface area contributed by atoms with E-state index >= 15 is 0 Å². The average Bonchev–Trinajstić information content (AvgIpc) is 3.99. The molecular weight excluding hydrogens is 661 g/mol. The summed E-state index contributed by atoms with van der Waals surface area (Å²) in [6.07, 6.45) is 12.8. The minimum atomic E-state index is -0.260. The van der Waals surface area contributed by atoms with Crippen molar-refractivity contribution in [1.82, 2.24) is 21.3 Å². The van der Waals surface area contributed by atoms with Gasteiger partial charge in [0.15, 0.2) is 0 Å². The molecule has 0 amide bonds. The van der Waals surface area contributed by atoms with E-state index in [-0.39, 0.29) is 95.3 Å². The fraction of sp³-hybridized carbons (Fsp3) is 0.364. The van der Waals surface area contributed by atoms with Gasteiger partial charge in [0.2, 0.25) is 0 Å².